The number of aromatic nitrogens is 2. The van der Waals surface area contributed by atoms with Gasteiger partial charge in [0.25, 0.3) is 5.91 Å². The third-order valence-corrected chi connectivity index (χ3v) is 5.89. The number of rotatable bonds is 5. The summed E-state index contributed by atoms with van der Waals surface area (Å²) in [6.07, 6.45) is 1.54. The molecule has 2 N–H and O–H groups in total. The molecule has 2 heterocycles. The van der Waals surface area contributed by atoms with Crippen LogP contribution in [0.15, 0.2) is 48.5 Å². The molecule has 0 spiro atoms. The average Bonchev–Trinajstić information content (AvgIpc) is 3.44. The lowest BCUT2D eigenvalue weighted by Gasteiger charge is -2.23. The Bertz CT molecular complexity index is 1110. The van der Waals surface area contributed by atoms with E-state index in [4.69, 9.17) is 4.74 Å². The van der Waals surface area contributed by atoms with Gasteiger partial charge < -0.3 is 20.3 Å². The van der Waals surface area contributed by atoms with E-state index in [0.29, 0.717) is 28.7 Å². The van der Waals surface area contributed by atoms with Gasteiger partial charge in [-0.05, 0) is 43.2 Å². The Morgan fingerprint density at radius 2 is 2.00 bits per heavy atom. The van der Waals surface area contributed by atoms with Gasteiger partial charge in [0.05, 0.1) is 18.8 Å². The maximum Gasteiger partial charge on any atom is 0.322 e. The zero-order chi connectivity index (χ0) is 21.8. The maximum atomic E-state index is 13.3. The number of ether oxygens (including phenoxy) is 1. The number of carbonyl (C=O) groups excluding carboxylic acids is 2. The van der Waals surface area contributed by atoms with E-state index in [-0.39, 0.29) is 17.1 Å². The number of carbonyl (C=O) groups is 2. The number of urea groups is 1. The number of nitrogens with one attached hydrogen (secondary N) is 2. The van der Waals surface area contributed by atoms with Crippen molar-refractivity contribution in [2.24, 2.45) is 0 Å². The minimum absolute atomic E-state index is 0.149. The molecule has 0 aliphatic carbocycles. The second-order valence-electron chi connectivity index (χ2n) is 6.89. The first-order valence-corrected chi connectivity index (χ1v) is 10.5. The summed E-state index contributed by atoms with van der Waals surface area (Å²) in [4.78, 5) is 27.0. The van der Waals surface area contributed by atoms with Crippen LogP contribution in [-0.4, -0.2) is 40.7 Å². The number of likely N-dealkylation sites (tertiary alicyclic amines) is 1. The first-order chi connectivity index (χ1) is 15.0. The van der Waals surface area contributed by atoms with E-state index in [1.807, 2.05) is 12.1 Å². The molecule has 1 aliphatic rings. The fourth-order valence-electron chi connectivity index (χ4n) is 3.41. The summed E-state index contributed by atoms with van der Waals surface area (Å²) >= 11 is 1.12. The topological polar surface area (TPSA) is 96.4 Å². The third kappa shape index (κ3) is 4.64. The molecule has 1 aliphatic heterocycles. The van der Waals surface area contributed by atoms with E-state index in [1.165, 1.54) is 18.2 Å². The molecule has 3 amide bonds. The number of hydrogen-bond donors (Lipinski definition) is 2. The molecular weight excluding hydrogens is 421 g/mol. The number of nitrogens with zero attached hydrogens (tertiary/aromatic N) is 3. The van der Waals surface area contributed by atoms with Gasteiger partial charge in [0.2, 0.25) is 5.01 Å². The Morgan fingerprint density at radius 1 is 1.16 bits per heavy atom. The average molecular weight is 441 g/mol. The van der Waals surface area contributed by atoms with Crippen molar-refractivity contribution < 1.29 is 18.7 Å². The summed E-state index contributed by atoms with van der Waals surface area (Å²) in [6, 6.07) is 12.2. The number of para-hydroxylation sites is 2. The normalized spacial score (nSPS) is 15.5. The zero-order valence-electron chi connectivity index (χ0n) is 16.7. The Kier molecular flexibility index (Phi) is 6.08. The number of amides is 3. The molecule has 1 aromatic heterocycles. The summed E-state index contributed by atoms with van der Waals surface area (Å²) in [5.41, 5.74) is 0.911. The summed E-state index contributed by atoms with van der Waals surface area (Å²) in [6.45, 7) is 0.566. The van der Waals surface area contributed by atoms with Gasteiger partial charge in [0.1, 0.15) is 16.6 Å². The van der Waals surface area contributed by atoms with E-state index in [9.17, 15) is 14.0 Å². The van der Waals surface area contributed by atoms with Crippen LogP contribution in [-0.2, 0) is 0 Å². The van der Waals surface area contributed by atoms with Crippen LogP contribution in [0.1, 0.15) is 33.7 Å². The lowest BCUT2D eigenvalue weighted by atomic mass is 10.2. The van der Waals surface area contributed by atoms with Crippen LogP contribution in [0.25, 0.3) is 0 Å². The molecule has 1 atom stereocenters. The molecule has 0 radical (unpaired) electrons. The van der Waals surface area contributed by atoms with Gasteiger partial charge >= 0.3 is 6.03 Å². The van der Waals surface area contributed by atoms with Gasteiger partial charge in [-0.2, -0.15) is 0 Å². The van der Waals surface area contributed by atoms with Crippen molar-refractivity contribution in [2.45, 2.75) is 18.9 Å². The standard InChI is InChI=1S/C21H20FN5O3S/c1-30-17-10-3-2-8-15(17)24-21(29)27-11-5-9-16(27)19-25-26-20(31-19)18(28)23-14-7-4-6-13(22)12-14/h2-4,6-8,10,12,16H,5,9,11H2,1H3,(H,23,28)(H,24,29)/t16-/m1/s1. The van der Waals surface area contributed by atoms with Gasteiger partial charge in [-0.1, -0.05) is 29.5 Å². The van der Waals surface area contributed by atoms with E-state index in [1.54, 1.807) is 30.2 Å². The summed E-state index contributed by atoms with van der Waals surface area (Å²) < 4.78 is 18.6. The molecule has 1 fully saturated rings. The molecule has 4 rings (SSSR count). The van der Waals surface area contributed by atoms with Gasteiger partial charge in [0, 0.05) is 12.2 Å². The fourth-order valence-corrected chi connectivity index (χ4v) is 4.30. The van der Waals surface area contributed by atoms with Gasteiger partial charge in [0.15, 0.2) is 0 Å². The van der Waals surface area contributed by atoms with Crippen molar-refractivity contribution in [2.75, 3.05) is 24.3 Å². The smallest absolute Gasteiger partial charge is 0.322 e. The van der Waals surface area contributed by atoms with Crippen molar-refractivity contribution in [3.63, 3.8) is 0 Å². The first-order valence-electron chi connectivity index (χ1n) is 9.66. The van der Waals surface area contributed by atoms with Crippen LogP contribution >= 0.6 is 11.3 Å². The minimum atomic E-state index is -0.475. The van der Waals surface area contributed by atoms with Gasteiger partial charge in [-0.15, -0.1) is 10.2 Å². The van der Waals surface area contributed by atoms with Crippen molar-refractivity contribution in [3.05, 3.63) is 64.4 Å². The molecule has 1 saturated heterocycles. The maximum absolute atomic E-state index is 13.3. The van der Waals surface area contributed by atoms with Crippen LogP contribution < -0.4 is 15.4 Å². The largest absolute Gasteiger partial charge is 0.495 e. The Balaban J connectivity index is 1.46. The minimum Gasteiger partial charge on any atom is -0.495 e. The van der Waals surface area contributed by atoms with Crippen molar-refractivity contribution >= 4 is 34.6 Å². The second-order valence-corrected chi connectivity index (χ2v) is 7.90. The van der Waals surface area contributed by atoms with Crippen LogP contribution in [0.4, 0.5) is 20.6 Å². The first kappa shape index (κ1) is 20.7. The van der Waals surface area contributed by atoms with E-state index in [0.717, 1.165) is 24.2 Å². The Morgan fingerprint density at radius 3 is 2.81 bits per heavy atom. The van der Waals surface area contributed by atoms with Crippen molar-refractivity contribution in [3.8, 4) is 5.75 Å². The molecule has 0 unspecified atom stereocenters. The summed E-state index contributed by atoms with van der Waals surface area (Å²) in [7, 11) is 1.54. The molecule has 8 nitrogen and oxygen atoms in total. The van der Waals surface area contributed by atoms with Crippen molar-refractivity contribution in [1.29, 1.82) is 0 Å². The van der Waals surface area contributed by atoms with E-state index >= 15 is 0 Å². The fraction of sp³-hybridized carbons (Fsp3) is 0.238. The quantitative estimate of drug-likeness (QED) is 0.615. The molecule has 0 bridgehead atoms. The van der Waals surface area contributed by atoms with Gasteiger partial charge in [-0.25, -0.2) is 9.18 Å². The number of anilines is 2. The molecule has 2 aromatic carbocycles. The van der Waals surface area contributed by atoms with E-state index < -0.39 is 11.7 Å². The van der Waals surface area contributed by atoms with Crippen molar-refractivity contribution in [1.82, 2.24) is 15.1 Å². The van der Waals surface area contributed by atoms with Crippen LogP contribution in [0, 0.1) is 5.82 Å². The number of benzene rings is 2. The SMILES string of the molecule is COc1ccccc1NC(=O)N1CCC[C@@H]1c1nnc(C(=O)Nc2cccc(F)c2)s1. The highest BCUT2D eigenvalue weighted by molar-refractivity contribution is 7.13. The number of halogens is 1. The Hall–Kier alpha value is -3.53. The predicted octanol–water partition coefficient (Wildman–Crippen LogP) is 4.31. The highest BCUT2D eigenvalue weighted by Crippen LogP contribution is 2.35. The third-order valence-electron chi connectivity index (χ3n) is 4.86. The molecule has 160 valence electrons. The monoisotopic (exact) mass is 441 g/mol. The lowest BCUT2D eigenvalue weighted by Crippen LogP contribution is -2.34. The number of methoxy groups -OCH3 is 1. The summed E-state index contributed by atoms with van der Waals surface area (Å²) in [5, 5.41) is 14.3. The van der Waals surface area contributed by atoms with Gasteiger partial charge in [-0.3, -0.25) is 4.79 Å². The molecule has 3 aromatic rings. The molecule has 0 saturated carbocycles. The molecule has 31 heavy (non-hydrogen) atoms. The molecular formula is C21H20FN5O3S. The Labute approximate surface area is 182 Å². The van der Waals surface area contributed by atoms with E-state index in [2.05, 4.69) is 20.8 Å². The predicted molar refractivity (Wildman–Crippen MR) is 115 cm³/mol. The highest BCUT2D eigenvalue weighted by atomic mass is 32.1. The lowest BCUT2D eigenvalue weighted by molar-refractivity contribution is 0.102. The number of hydrogen-bond acceptors (Lipinski definition) is 6. The second kappa shape index (κ2) is 9.09. The van der Waals surface area contributed by atoms with Crippen LogP contribution in [0.5, 0.6) is 5.75 Å². The highest BCUT2D eigenvalue weighted by Gasteiger charge is 2.33. The molecule has 10 heteroatoms. The summed E-state index contributed by atoms with van der Waals surface area (Å²) in [5.74, 6) is -0.352. The van der Waals surface area contributed by atoms with Crippen LogP contribution in [0.2, 0.25) is 0 Å². The zero-order valence-corrected chi connectivity index (χ0v) is 17.5. The van der Waals surface area contributed by atoms with Crippen LogP contribution in [0.3, 0.4) is 0 Å².